The molecule has 25 heavy (non-hydrogen) atoms. The molecule has 136 valence electrons. The van der Waals surface area contributed by atoms with Crippen LogP contribution in [0.3, 0.4) is 0 Å². The monoisotopic (exact) mass is 373 g/mol. The summed E-state index contributed by atoms with van der Waals surface area (Å²) in [4.78, 5) is 41.0. The summed E-state index contributed by atoms with van der Waals surface area (Å²) in [6.07, 6.45) is 0.724. The number of nitrogens with two attached hydrogens (primary N) is 1. The Hall–Kier alpha value is -2.11. The van der Waals surface area contributed by atoms with Crippen LogP contribution in [-0.2, 0) is 23.4 Å². The molecule has 0 bridgehead atoms. The van der Waals surface area contributed by atoms with Gasteiger partial charge in [0.1, 0.15) is 30.3 Å². The van der Waals surface area contributed by atoms with Crippen LogP contribution in [-0.4, -0.2) is 54.1 Å². The van der Waals surface area contributed by atoms with Crippen molar-refractivity contribution in [3.63, 3.8) is 0 Å². The maximum atomic E-state index is 11.3. The summed E-state index contributed by atoms with van der Waals surface area (Å²) < 4.78 is 27.9. The van der Waals surface area contributed by atoms with Crippen LogP contribution in [0.2, 0.25) is 0 Å². The molecule has 3 heterocycles. The molecular weight excluding hydrogens is 357 g/mol. The van der Waals surface area contributed by atoms with E-state index in [4.69, 9.17) is 25.0 Å². The third-order valence-corrected chi connectivity index (χ3v) is 4.09. The number of phosphoric acid groups is 1. The summed E-state index contributed by atoms with van der Waals surface area (Å²) >= 11 is 0. The van der Waals surface area contributed by atoms with Gasteiger partial charge in [0, 0.05) is 13.3 Å². The van der Waals surface area contributed by atoms with Crippen LogP contribution in [0.4, 0.5) is 5.82 Å². The van der Waals surface area contributed by atoms with Gasteiger partial charge in [0.25, 0.3) is 0 Å². The molecule has 2 aromatic heterocycles. The molecule has 2 aromatic rings. The zero-order valence-electron chi connectivity index (χ0n) is 13.1. The van der Waals surface area contributed by atoms with Crippen molar-refractivity contribution in [2.45, 2.75) is 31.8 Å². The second-order valence-electron chi connectivity index (χ2n) is 5.38. The normalized spacial score (nSPS) is 23.9. The first-order valence-electron chi connectivity index (χ1n) is 7.20. The third kappa shape index (κ3) is 3.94. The van der Waals surface area contributed by atoms with Crippen LogP contribution < -0.4 is 5.73 Å². The Bertz CT molecular complexity index is 836. The molecule has 1 aliphatic rings. The standard InChI is InChI=1S/C12H16N5O7P/c1-6(18)23-7-2-9(24-8(7)3-22-25(19,20)21)17-5-16-10-11(13)14-4-15-12(10)17/h4-5,7-9H,2-3H2,1H3,(H2,13,14,15)(H2,19,20,21)/t7-,8+,9+/m0/s1. The van der Waals surface area contributed by atoms with E-state index in [0.717, 1.165) is 0 Å². The first kappa shape index (κ1) is 17.7. The van der Waals surface area contributed by atoms with Crippen molar-refractivity contribution in [3.05, 3.63) is 12.7 Å². The van der Waals surface area contributed by atoms with Gasteiger partial charge < -0.3 is 25.0 Å². The number of aromatic nitrogens is 4. The van der Waals surface area contributed by atoms with E-state index in [1.165, 1.54) is 19.6 Å². The number of carbonyl (C=O) groups excluding carboxylic acids is 1. The fraction of sp³-hybridized carbons (Fsp3) is 0.500. The van der Waals surface area contributed by atoms with Crippen molar-refractivity contribution >= 4 is 30.8 Å². The highest BCUT2D eigenvalue weighted by molar-refractivity contribution is 7.46. The van der Waals surface area contributed by atoms with Gasteiger partial charge >= 0.3 is 13.8 Å². The molecule has 1 aliphatic heterocycles. The van der Waals surface area contributed by atoms with Gasteiger partial charge in [-0.1, -0.05) is 0 Å². The number of ether oxygens (including phenoxy) is 2. The zero-order chi connectivity index (χ0) is 18.2. The Morgan fingerprint density at radius 1 is 1.48 bits per heavy atom. The number of anilines is 1. The van der Waals surface area contributed by atoms with E-state index in [0.29, 0.717) is 11.2 Å². The minimum Gasteiger partial charge on any atom is -0.460 e. The number of esters is 1. The number of nitrogens with zero attached hydrogens (tertiary/aromatic N) is 4. The Morgan fingerprint density at radius 3 is 2.92 bits per heavy atom. The van der Waals surface area contributed by atoms with Crippen LogP contribution in [0, 0.1) is 0 Å². The smallest absolute Gasteiger partial charge is 0.460 e. The lowest BCUT2D eigenvalue weighted by Gasteiger charge is -2.18. The van der Waals surface area contributed by atoms with E-state index >= 15 is 0 Å². The average molecular weight is 373 g/mol. The Labute approximate surface area is 141 Å². The largest absolute Gasteiger partial charge is 0.469 e. The molecule has 0 spiro atoms. The minimum absolute atomic E-state index is 0.208. The van der Waals surface area contributed by atoms with Crippen molar-refractivity contribution in [2.24, 2.45) is 0 Å². The number of fused-ring (bicyclic) bond motifs is 1. The number of hydrogen-bond acceptors (Lipinski definition) is 9. The van der Waals surface area contributed by atoms with Gasteiger partial charge in [-0.2, -0.15) is 0 Å². The quantitative estimate of drug-likeness (QED) is 0.465. The van der Waals surface area contributed by atoms with Crippen LogP contribution in [0.25, 0.3) is 11.2 Å². The molecule has 0 saturated carbocycles. The predicted octanol–water partition coefficient (Wildman–Crippen LogP) is -0.263. The highest BCUT2D eigenvalue weighted by Crippen LogP contribution is 2.39. The summed E-state index contributed by atoms with van der Waals surface area (Å²) in [5, 5.41) is 0. The number of carbonyl (C=O) groups is 1. The van der Waals surface area contributed by atoms with E-state index < -0.39 is 38.8 Å². The SMILES string of the molecule is CC(=O)O[C@H]1C[C@H](n2cnc3c(N)ncnc32)O[C@@H]1COP(=O)(O)O. The zero-order valence-corrected chi connectivity index (χ0v) is 13.9. The predicted molar refractivity (Wildman–Crippen MR) is 81.8 cm³/mol. The summed E-state index contributed by atoms with van der Waals surface area (Å²) in [5.74, 6) is -0.336. The van der Waals surface area contributed by atoms with Crippen molar-refractivity contribution in [3.8, 4) is 0 Å². The molecule has 0 unspecified atom stereocenters. The molecule has 0 aliphatic carbocycles. The molecule has 1 fully saturated rings. The van der Waals surface area contributed by atoms with Gasteiger partial charge in [-0.3, -0.25) is 13.9 Å². The lowest BCUT2D eigenvalue weighted by Crippen LogP contribution is -2.30. The number of nitrogen functional groups attached to an aromatic ring is 1. The summed E-state index contributed by atoms with van der Waals surface area (Å²) in [5.41, 5.74) is 6.56. The third-order valence-electron chi connectivity index (χ3n) is 3.60. The molecule has 1 saturated heterocycles. The second kappa shape index (κ2) is 6.65. The fourth-order valence-electron chi connectivity index (χ4n) is 2.61. The van der Waals surface area contributed by atoms with Gasteiger partial charge in [-0.25, -0.2) is 19.5 Å². The lowest BCUT2D eigenvalue weighted by molar-refractivity contribution is -0.150. The van der Waals surface area contributed by atoms with Crippen LogP contribution >= 0.6 is 7.82 Å². The van der Waals surface area contributed by atoms with E-state index in [1.807, 2.05) is 0 Å². The first-order chi connectivity index (χ1) is 11.7. The van der Waals surface area contributed by atoms with Crippen LogP contribution in [0.15, 0.2) is 12.7 Å². The average Bonchev–Trinajstić information content (AvgIpc) is 3.08. The lowest BCUT2D eigenvalue weighted by atomic mass is 10.2. The number of imidazole rings is 1. The maximum absolute atomic E-state index is 11.3. The number of rotatable bonds is 5. The summed E-state index contributed by atoms with van der Waals surface area (Å²) in [6.45, 7) is 0.789. The van der Waals surface area contributed by atoms with Gasteiger partial charge in [-0.05, 0) is 0 Å². The van der Waals surface area contributed by atoms with E-state index in [1.54, 1.807) is 4.57 Å². The summed E-state index contributed by atoms with van der Waals surface area (Å²) in [7, 11) is -4.68. The molecule has 0 radical (unpaired) electrons. The molecule has 0 aromatic carbocycles. The Morgan fingerprint density at radius 2 is 2.24 bits per heavy atom. The highest BCUT2D eigenvalue weighted by Gasteiger charge is 2.40. The summed E-state index contributed by atoms with van der Waals surface area (Å²) in [6, 6.07) is 0. The topological polar surface area (TPSA) is 172 Å². The first-order valence-corrected chi connectivity index (χ1v) is 8.73. The molecule has 12 nitrogen and oxygen atoms in total. The van der Waals surface area contributed by atoms with Crippen LogP contribution in [0.1, 0.15) is 19.6 Å². The van der Waals surface area contributed by atoms with Crippen molar-refractivity contribution in [1.29, 1.82) is 0 Å². The molecule has 4 N–H and O–H groups in total. The number of phosphoric ester groups is 1. The molecule has 3 rings (SSSR count). The molecular formula is C12H16N5O7P. The van der Waals surface area contributed by atoms with Gasteiger partial charge in [0.2, 0.25) is 0 Å². The van der Waals surface area contributed by atoms with Gasteiger partial charge in [0.05, 0.1) is 12.9 Å². The highest BCUT2D eigenvalue weighted by atomic mass is 31.2. The van der Waals surface area contributed by atoms with E-state index in [2.05, 4.69) is 19.5 Å². The van der Waals surface area contributed by atoms with Gasteiger partial charge in [-0.15, -0.1) is 0 Å². The van der Waals surface area contributed by atoms with Crippen LogP contribution in [0.5, 0.6) is 0 Å². The molecule has 0 amide bonds. The fourth-order valence-corrected chi connectivity index (χ4v) is 2.95. The van der Waals surface area contributed by atoms with E-state index in [-0.39, 0.29) is 12.2 Å². The molecule has 3 atom stereocenters. The maximum Gasteiger partial charge on any atom is 0.469 e. The van der Waals surface area contributed by atoms with Crippen molar-refractivity contribution in [1.82, 2.24) is 19.5 Å². The second-order valence-corrected chi connectivity index (χ2v) is 6.62. The van der Waals surface area contributed by atoms with Gasteiger partial charge in [0.15, 0.2) is 11.5 Å². The van der Waals surface area contributed by atoms with Crippen molar-refractivity contribution < 1.29 is 33.1 Å². The number of hydrogen-bond donors (Lipinski definition) is 3. The van der Waals surface area contributed by atoms with Crippen molar-refractivity contribution in [2.75, 3.05) is 12.3 Å². The Kier molecular flexibility index (Phi) is 4.71. The van der Waals surface area contributed by atoms with E-state index in [9.17, 15) is 9.36 Å². The Balaban J connectivity index is 1.83. The molecule has 13 heteroatoms. The minimum atomic E-state index is -4.68.